The van der Waals surface area contributed by atoms with Gasteiger partial charge in [-0.05, 0) is 35.9 Å². The minimum atomic E-state index is -0.495. The third-order valence-electron chi connectivity index (χ3n) is 5.69. The van der Waals surface area contributed by atoms with Gasteiger partial charge < -0.3 is 19.3 Å². The molecule has 3 aromatic rings. The van der Waals surface area contributed by atoms with E-state index in [0.29, 0.717) is 17.7 Å². The predicted molar refractivity (Wildman–Crippen MR) is 124 cm³/mol. The van der Waals surface area contributed by atoms with Gasteiger partial charge >= 0.3 is 0 Å². The molecule has 34 heavy (non-hydrogen) atoms. The predicted octanol–water partition coefficient (Wildman–Crippen LogP) is 3.30. The van der Waals surface area contributed by atoms with Crippen LogP contribution in [0.5, 0.6) is 5.75 Å². The Kier molecular flexibility index (Phi) is 7.49. The van der Waals surface area contributed by atoms with Crippen LogP contribution in [0.1, 0.15) is 21.5 Å². The van der Waals surface area contributed by atoms with E-state index in [4.69, 9.17) is 9.47 Å². The highest BCUT2D eigenvalue weighted by atomic mass is 19.1. The van der Waals surface area contributed by atoms with Gasteiger partial charge in [0.25, 0.3) is 5.91 Å². The highest BCUT2D eigenvalue weighted by Gasteiger charge is 2.31. The van der Waals surface area contributed by atoms with Gasteiger partial charge in [0.2, 0.25) is 5.91 Å². The smallest absolute Gasteiger partial charge is 0.255 e. The largest absolute Gasteiger partial charge is 0.497 e. The average molecular weight is 464 g/mol. The number of rotatable bonds is 7. The number of nitrogens with zero attached hydrogens (tertiary/aromatic N) is 3. The molecule has 0 radical (unpaired) electrons. The molecule has 2 aromatic carbocycles. The second-order valence-corrected chi connectivity index (χ2v) is 8.07. The van der Waals surface area contributed by atoms with E-state index < -0.39 is 6.10 Å². The Bertz CT molecular complexity index is 1120. The summed E-state index contributed by atoms with van der Waals surface area (Å²) < 4.78 is 25.4. The number of aromatic nitrogens is 1. The van der Waals surface area contributed by atoms with Gasteiger partial charge in [-0.2, -0.15) is 0 Å². The van der Waals surface area contributed by atoms with Gasteiger partial charge in [-0.1, -0.05) is 30.3 Å². The molecule has 1 unspecified atom stereocenters. The molecular weight excluding hydrogens is 437 g/mol. The van der Waals surface area contributed by atoms with E-state index in [0.717, 1.165) is 11.3 Å². The summed E-state index contributed by atoms with van der Waals surface area (Å²) in [6.45, 7) is 0.792. The number of halogens is 1. The topological polar surface area (TPSA) is 72.0 Å². The van der Waals surface area contributed by atoms with Crippen LogP contribution in [0.4, 0.5) is 4.39 Å². The number of ether oxygens (including phenoxy) is 2. The summed E-state index contributed by atoms with van der Waals surface area (Å²) in [6.07, 6.45) is 2.56. The van der Waals surface area contributed by atoms with E-state index in [2.05, 4.69) is 4.98 Å². The zero-order valence-electron chi connectivity index (χ0n) is 18.9. The van der Waals surface area contributed by atoms with Crippen molar-refractivity contribution in [1.82, 2.24) is 14.8 Å². The van der Waals surface area contributed by atoms with Gasteiger partial charge in [0.1, 0.15) is 18.1 Å². The lowest BCUT2D eigenvalue weighted by molar-refractivity contribution is -0.132. The molecule has 2 amide bonds. The van der Waals surface area contributed by atoms with Crippen molar-refractivity contribution in [1.29, 1.82) is 0 Å². The van der Waals surface area contributed by atoms with Crippen LogP contribution in [0.15, 0.2) is 73.1 Å². The first-order valence-electron chi connectivity index (χ1n) is 11.0. The van der Waals surface area contributed by atoms with Gasteiger partial charge in [0, 0.05) is 37.6 Å². The van der Waals surface area contributed by atoms with Crippen molar-refractivity contribution in [2.24, 2.45) is 0 Å². The number of hydrogen-bond donors (Lipinski definition) is 0. The third kappa shape index (κ3) is 5.77. The Labute approximate surface area is 197 Å². The standard InChI is InChI=1S/C26H26FN3O4/c1-33-22-10-8-19(9-11-22)14-29-15-23(34-18-21-5-2-3-7-24(21)27)16-30(17-25(29)31)26(32)20-6-4-12-28-13-20/h2-13,23H,14-18H2,1H3. The van der Waals surface area contributed by atoms with Gasteiger partial charge in [-0.25, -0.2) is 4.39 Å². The quantitative estimate of drug-likeness (QED) is 0.538. The third-order valence-corrected chi connectivity index (χ3v) is 5.69. The molecule has 176 valence electrons. The van der Waals surface area contributed by atoms with Gasteiger partial charge in [0.05, 0.1) is 25.4 Å². The molecule has 1 saturated heterocycles. The molecule has 1 fully saturated rings. The summed E-state index contributed by atoms with van der Waals surface area (Å²) >= 11 is 0. The van der Waals surface area contributed by atoms with Gasteiger partial charge in [0.15, 0.2) is 0 Å². The second kappa shape index (κ2) is 10.9. The Hall–Kier alpha value is -3.78. The molecule has 4 rings (SSSR count). The molecular formula is C26H26FN3O4. The van der Waals surface area contributed by atoms with E-state index >= 15 is 0 Å². The zero-order chi connectivity index (χ0) is 23.9. The number of amides is 2. The molecule has 0 N–H and O–H groups in total. The Balaban J connectivity index is 1.54. The fourth-order valence-electron chi connectivity index (χ4n) is 3.84. The lowest BCUT2D eigenvalue weighted by Crippen LogP contribution is -2.39. The molecule has 1 atom stereocenters. The first-order chi connectivity index (χ1) is 16.5. The lowest BCUT2D eigenvalue weighted by atomic mass is 10.2. The molecule has 1 aromatic heterocycles. The molecule has 1 aliphatic rings. The average Bonchev–Trinajstić information content (AvgIpc) is 3.02. The van der Waals surface area contributed by atoms with Crippen molar-refractivity contribution in [3.63, 3.8) is 0 Å². The number of carbonyl (C=O) groups is 2. The number of benzene rings is 2. The first kappa shape index (κ1) is 23.4. The Morgan fingerprint density at radius 2 is 1.88 bits per heavy atom. The van der Waals surface area contributed by atoms with Gasteiger partial charge in [-0.3, -0.25) is 14.6 Å². The maximum atomic E-state index is 14.1. The van der Waals surface area contributed by atoms with E-state index in [9.17, 15) is 14.0 Å². The van der Waals surface area contributed by atoms with Crippen molar-refractivity contribution in [2.75, 3.05) is 26.7 Å². The first-order valence-corrected chi connectivity index (χ1v) is 11.0. The monoisotopic (exact) mass is 463 g/mol. The van der Waals surface area contributed by atoms with Crippen LogP contribution in [0, 0.1) is 5.82 Å². The molecule has 0 saturated carbocycles. The summed E-state index contributed by atoms with van der Waals surface area (Å²) in [5.41, 5.74) is 1.74. The number of pyridine rings is 1. The van der Waals surface area contributed by atoms with Crippen LogP contribution in [0.25, 0.3) is 0 Å². The van der Waals surface area contributed by atoms with E-state index in [1.807, 2.05) is 24.3 Å². The molecule has 0 bridgehead atoms. The van der Waals surface area contributed by atoms with Crippen molar-refractivity contribution in [3.05, 3.63) is 95.6 Å². The number of methoxy groups -OCH3 is 1. The minimum absolute atomic E-state index is 0.0385. The SMILES string of the molecule is COc1ccc(CN2CC(OCc3ccccc3F)CN(C(=O)c3cccnc3)CC2=O)cc1. The van der Waals surface area contributed by atoms with Crippen molar-refractivity contribution < 1.29 is 23.5 Å². The van der Waals surface area contributed by atoms with Crippen LogP contribution in [-0.4, -0.2) is 59.4 Å². The van der Waals surface area contributed by atoms with Crippen LogP contribution in [0.2, 0.25) is 0 Å². The highest BCUT2D eigenvalue weighted by Crippen LogP contribution is 2.18. The number of hydrogen-bond acceptors (Lipinski definition) is 5. The normalized spacial score (nSPS) is 16.3. The van der Waals surface area contributed by atoms with Crippen LogP contribution >= 0.6 is 0 Å². The zero-order valence-corrected chi connectivity index (χ0v) is 18.9. The fourth-order valence-corrected chi connectivity index (χ4v) is 3.84. The minimum Gasteiger partial charge on any atom is -0.497 e. The molecule has 1 aliphatic heterocycles. The Morgan fingerprint density at radius 3 is 2.59 bits per heavy atom. The molecule has 7 nitrogen and oxygen atoms in total. The summed E-state index contributed by atoms with van der Waals surface area (Å²) in [7, 11) is 1.60. The molecule has 0 aliphatic carbocycles. The second-order valence-electron chi connectivity index (χ2n) is 8.07. The van der Waals surface area contributed by atoms with Crippen molar-refractivity contribution >= 4 is 11.8 Å². The summed E-state index contributed by atoms with van der Waals surface area (Å²) in [5.74, 6) is -0.117. The number of carbonyl (C=O) groups excluding carboxylic acids is 2. The van der Waals surface area contributed by atoms with E-state index in [-0.39, 0.29) is 43.9 Å². The van der Waals surface area contributed by atoms with Crippen molar-refractivity contribution in [2.45, 2.75) is 19.3 Å². The fraction of sp³-hybridized carbons (Fsp3) is 0.269. The van der Waals surface area contributed by atoms with Gasteiger partial charge in [-0.15, -0.1) is 0 Å². The summed E-state index contributed by atoms with van der Waals surface area (Å²) in [6, 6.07) is 17.2. The molecule has 2 heterocycles. The van der Waals surface area contributed by atoms with Crippen LogP contribution in [0.3, 0.4) is 0 Å². The molecule has 8 heteroatoms. The summed E-state index contributed by atoms with van der Waals surface area (Å²) in [4.78, 5) is 33.4. The Morgan fingerprint density at radius 1 is 1.09 bits per heavy atom. The van der Waals surface area contributed by atoms with E-state index in [1.54, 1.807) is 48.5 Å². The van der Waals surface area contributed by atoms with Crippen molar-refractivity contribution in [3.8, 4) is 5.75 Å². The lowest BCUT2D eigenvalue weighted by Gasteiger charge is -2.25. The maximum Gasteiger partial charge on any atom is 0.255 e. The van der Waals surface area contributed by atoms with Crippen LogP contribution < -0.4 is 4.74 Å². The maximum absolute atomic E-state index is 14.1. The summed E-state index contributed by atoms with van der Waals surface area (Å²) in [5, 5.41) is 0. The molecule has 0 spiro atoms. The van der Waals surface area contributed by atoms with Crippen LogP contribution in [-0.2, 0) is 22.7 Å². The van der Waals surface area contributed by atoms with E-state index in [1.165, 1.54) is 17.2 Å². The highest BCUT2D eigenvalue weighted by molar-refractivity contribution is 5.96.